The summed E-state index contributed by atoms with van der Waals surface area (Å²) in [6.07, 6.45) is 8.28. The Morgan fingerprint density at radius 3 is 2.48 bits per heavy atom. The third-order valence-electron chi connectivity index (χ3n) is 5.33. The third kappa shape index (κ3) is 3.42. The summed E-state index contributed by atoms with van der Waals surface area (Å²) in [5, 5.41) is 0. The SMILES string of the molecule is CC1(C)OC[C@H]([C@@H](C2CCCCC2)C2CCCOC2=O)O1. The van der Waals surface area contributed by atoms with Crippen molar-refractivity contribution in [2.45, 2.75) is 70.7 Å². The van der Waals surface area contributed by atoms with Crippen LogP contribution in [0.2, 0.25) is 0 Å². The number of esters is 1. The van der Waals surface area contributed by atoms with Crippen LogP contribution < -0.4 is 0 Å². The Labute approximate surface area is 127 Å². The molecule has 0 aromatic carbocycles. The second-order valence-electron chi connectivity index (χ2n) is 7.26. The molecule has 3 fully saturated rings. The van der Waals surface area contributed by atoms with Crippen molar-refractivity contribution in [3.05, 3.63) is 0 Å². The summed E-state index contributed by atoms with van der Waals surface area (Å²) in [5.41, 5.74) is 0. The van der Waals surface area contributed by atoms with Crippen LogP contribution >= 0.6 is 0 Å². The van der Waals surface area contributed by atoms with Crippen LogP contribution in [0.1, 0.15) is 58.8 Å². The number of carbonyl (C=O) groups excluding carboxylic acids is 1. The number of carbonyl (C=O) groups is 1. The van der Waals surface area contributed by atoms with E-state index in [1.165, 1.54) is 32.1 Å². The van der Waals surface area contributed by atoms with Crippen LogP contribution in [0, 0.1) is 17.8 Å². The summed E-state index contributed by atoms with van der Waals surface area (Å²) in [5.74, 6) is 0.321. The van der Waals surface area contributed by atoms with Crippen LogP contribution in [-0.4, -0.2) is 31.1 Å². The second kappa shape index (κ2) is 6.25. The highest BCUT2D eigenvalue weighted by molar-refractivity contribution is 5.73. The fourth-order valence-corrected chi connectivity index (χ4v) is 4.37. The zero-order valence-electron chi connectivity index (χ0n) is 13.3. The first-order valence-electron chi connectivity index (χ1n) is 8.55. The van der Waals surface area contributed by atoms with Gasteiger partial charge in [0.05, 0.1) is 25.2 Å². The summed E-state index contributed by atoms with van der Waals surface area (Å²) < 4.78 is 17.3. The molecule has 0 spiro atoms. The van der Waals surface area contributed by atoms with E-state index < -0.39 is 5.79 Å². The molecule has 21 heavy (non-hydrogen) atoms. The van der Waals surface area contributed by atoms with Crippen LogP contribution in [-0.2, 0) is 19.0 Å². The number of hydrogen-bond acceptors (Lipinski definition) is 4. The molecular weight excluding hydrogens is 268 g/mol. The Bertz CT molecular complexity index is 373. The molecule has 3 aliphatic rings. The molecule has 0 amide bonds. The van der Waals surface area contributed by atoms with E-state index in [1.54, 1.807) is 0 Å². The molecule has 3 rings (SSSR count). The van der Waals surface area contributed by atoms with Gasteiger partial charge in [-0.2, -0.15) is 0 Å². The quantitative estimate of drug-likeness (QED) is 0.750. The van der Waals surface area contributed by atoms with Crippen molar-refractivity contribution in [3.8, 4) is 0 Å². The number of ether oxygens (including phenoxy) is 3. The monoisotopic (exact) mass is 296 g/mol. The number of rotatable bonds is 3. The van der Waals surface area contributed by atoms with E-state index in [0.29, 0.717) is 19.1 Å². The minimum atomic E-state index is -0.518. The van der Waals surface area contributed by atoms with Crippen LogP contribution in [0.15, 0.2) is 0 Å². The van der Waals surface area contributed by atoms with E-state index in [0.717, 1.165) is 12.8 Å². The van der Waals surface area contributed by atoms with Crippen molar-refractivity contribution in [3.63, 3.8) is 0 Å². The first-order valence-corrected chi connectivity index (χ1v) is 8.55. The number of hydrogen-bond donors (Lipinski definition) is 0. The third-order valence-corrected chi connectivity index (χ3v) is 5.33. The lowest BCUT2D eigenvalue weighted by Crippen LogP contribution is -2.43. The lowest BCUT2D eigenvalue weighted by Gasteiger charge is -2.39. The van der Waals surface area contributed by atoms with Gasteiger partial charge in [-0.3, -0.25) is 4.79 Å². The molecule has 0 aromatic heterocycles. The van der Waals surface area contributed by atoms with Crippen molar-refractivity contribution in [2.75, 3.05) is 13.2 Å². The topological polar surface area (TPSA) is 44.8 Å². The minimum Gasteiger partial charge on any atom is -0.465 e. The molecule has 120 valence electrons. The Hall–Kier alpha value is -0.610. The lowest BCUT2D eigenvalue weighted by atomic mass is 9.70. The lowest BCUT2D eigenvalue weighted by molar-refractivity contribution is -0.169. The van der Waals surface area contributed by atoms with E-state index >= 15 is 0 Å². The fourth-order valence-electron chi connectivity index (χ4n) is 4.37. The predicted octanol–water partition coefficient (Wildman–Crippen LogP) is 3.29. The summed E-state index contributed by atoms with van der Waals surface area (Å²) in [6.45, 7) is 5.12. The molecule has 1 saturated carbocycles. The largest absolute Gasteiger partial charge is 0.465 e. The molecule has 0 N–H and O–H groups in total. The Morgan fingerprint density at radius 2 is 1.86 bits per heavy atom. The van der Waals surface area contributed by atoms with Gasteiger partial charge in [-0.1, -0.05) is 32.1 Å². The van der Waals surface area contributed by atoms with Crippen LogP contribution in [0.3, 0.4) is 0 Å². The maximum Gasteiger partial charge on any atom is 0.309 e. The smallest absolute Gasteiger partial charge is 0.309 e. The van der Waals surface area contributed by atoms with Crippen molar-refractivity contribution in [1.82, 2.24) is 0 Å². The summed E-state index contributed by atoms with van der Waals surface area (Å²) in [4.78, 5) is 12.3. The molecule has 2 saturated heterocycles. The second-order valence-corrected chi connectivity index (χ2v) is 7.26. The normalized spacial score (nSPS) is 35.4. The standard InChI is InChI=1S/C17H28O4/c1-17(2)20-11-14(21-17)15(12-7-4-3-5-8-12)13-9-6-10-19-16(13)18/h12-15H,3-11H2,1-2H3/t13?,14-,15+/m1/s1. The average molecular weight is 296 g/mol. The summed E-state index contributed by atoms with van der Waals surface area (Å²) >= 11 is 0. The molecule has 1 unspecified atom stereocenters. The van der Waals surface area contributed by atoms with Gasteiger partial charge in [-0.25, -0.2) is 0 Å². The van der Waals surface area contributed by atoms with Crippen molar-refractivity contribution in [2.24, 2.45) is 17.8 Å². The molecule has 3 atom stereocenters. The summed E-state index contributed by atoms with van der Waals surface area (Å²) in [6, 6.07) is 0. The van der Waals surface area contributed by atoms with Gasteiger partial charge >= 0.3 is 5.97 Å². The molecular formula is C17H28O4. The van der Waals surface area contributed by atoms with Crippen LogP contribution in [0.5, 0.6) is 0 Å². The molecule has 4 nitrogen and oxygen atoms in total. The van der Waals surface area contributed by atoms with Gasteiger partial charge in [-0.15, -0.1) is 0 Å². The van der Waals surface area contributed by atoms with Gasteiger partial charge in [0.25, 0.3) is 0 Å². The molecule has 0 bridgehead atoms. The van der Waals surface area contributed by atoms with Crippen LogP contribution in [0.25, 0.3) is 0 Å². The molecule has 1 aliphatic carbocycles. The number of cyclic esters (lactones) is 1. The molecule has 2 aliphatic heterocycles. The molecule has 0 radical (unpaired) electrons. The van der Waals surface area contributed by atoms with E-state index in [1.807, 2.05) is 13.8 Å². The Kier molecular flexibility index (Phi) is 4.55. The Morgan fingerprint density at radius 1 is 1.10 bits per heavy atom. The Balaban J connectivity index is 1.78. The van der Waals surface area contributed by atoms with Gasteiger partial charge in [0.15, 0.2) is 5.79 Å². The maximum absolute atomic E-state index is 12.3. The fraction of sp³-hybridized carbons (Fsp3) is 0.941. The zero-order valence-corrected chi connectivity index (χ0v) is 13.3. The minimum absolute atomic E-state index is 0.00403. The predicted molar refractivity (Wildman–Crippen MR) is 78.7 cm³/mol. The van der Waals surface area contributed by atoms with Gasteiger partial charge < -0.3 is 14.2 Å². The molecule has 2 heterocycles. The van der Waals surface area contributed by atoms with Crippen molar-refractivity contribution >= 4 is 5.97 Å². The van der Waals surface area contributed by atoms with E-state index in [2.05, 4.69) is 0 Å². The highest BCUT2D eigenvalue weighted by Crippen LogP contribution is 2.43. The molecule has 4 heteroatoms. The van der Waals surface area contributed by atoms with E-state index in [9.17, 15) is 4.79 Å². The first kappa shape index (κ1) is 15.3. The zero-order chi connectivity index (χ0) is 14.9. The highest BCUT2D eigenvalue weighted by Gasteiger charge is 2.47. The molecule has 0 aromatic rings. The van der Waals surface area contributed by atoms with Gasteiger partial charge in [0.2, 0.25) is 0 Å². The van der Waals surface area contributed by atoms with Crippen molar-refractivity contribution in [1.29, 1.82) is 0 Å². The maximum atomic E-state index is 12.3. The average Bonchev–Trinajstić information content (AvgIpc) is 2.82. The highest BCUT2D eigenvalue weighted by atomic mass is 16.7. The first-order chi connectivity index (χ1) is 10.1. The van der Waals surface area contributed by atoms with E-state index in [4.69, 9.17) is 14.2 Å². The summed E-state index contributed by atoms with van der Waals surface area (Å²) in [7, 11) is 0. The van der Waals surface area contributed by atoms with Gasteiger partial charge in [0.1, 0.15) is 0 Å². The van der Waals surface area contributed by atoms with Gasteiger partial charge in [0, 0.05) is 5.92 Å². The van der Waals surface area contributed by atoms with Gasteiger partial charge in [-0.05, 0) is 32.6 Å². The van der Waals surface area contributed by atoms with Crippen molar-refractivity contribution < 1.29 is 19.0 Å². The van der Waals surface area contributed by atoms with E-state index in [-0.39, 0.29) is 23.9 Å². The van der Waals surface area contributed by atoms with Crippen LogP contribution in [0.4, 0.5) is 0 Å².